The number of hydrogen-bond acceptors (Lipinski definition) is 3. The Balaban J connectivity index is 0.00000312. The number of nitrogens with zero attached hydrogens (tertiary/aromatic N) is 2. The highest BCUT2D eigenvalue weighted by atomic mass is 127. The molecule has 0 aliphatic carbocycles. The lowest BCUT2D eigenvalue weighted by atomic mass is 9.81. The Morgan fingerprint density at radius 2 is 2.00 bits per heavy atom. The van der Waals surface area contributed by atoms with Crippen LogP contribution in [0.5, 0.6) is 0 Å². The van der Waals surface area contributed by atoms with E-state index in [1.807, 2.05) is 24.1 Å². The van der Waals surface area contributed by atoms with Crippen molar-refractivity contribution < 1.29 is 9.84 Å². The van der Waals surface area contributed by atoms with Crippen molar-refractivity contribution in [2.45, 2.75) is 19.4 Å². The molecule has 1 heterocycles. The first-order chi connectivity index (χ1) is 11.5. The third kappa shape index (κ3) is 6.43. The quantitative estimate of drug-likeness (QED) is 0.369. The summed E-state index contributed by atoms with van der Waals surface area (Å²) < 4.78 is 5.40. The van der Waals surface area contributed by atoms with Gasteiger partial charge in [0.2, 0.25) is 0 Å². The lowest BCUT2D eigenvalue weighted by Crippen LogP contribution is -2.47. The summed E-state index contributed by atoms with van der Waals surface area (Å²) in [4.78, 5) is 6.35. The number of rotatable bonds is 5. The van der Waals surface area contributed by atoms with Crippen molar-refractivity contribution in [2.24, 2.45) is 10.4 Å². The summed E-state index contributed by atoms with van der Waals surface area (Å²) in [5.74, 6) is 0.778. The maximum atomic E-state index is 9.78. The molecule has 1 aliphatic heterocycles. The topological polar surface area (TPSA) is 57.1 Å². The van der Waals surface area contributed by atoms with Gasteiger partial charge in [0.15, 0.2) is 5.96 Å². The fourth-order valence-corrected chi connectivity index (χ4v) is 3.15. The number of hydrogen-bond donors (Lipinski definition) is 2. The van der Waals surface area contributed by atoms with Gasteiger partial charge < -0.3 is 20.1 Å². The first kappa shape index (κ1) is 22.8. The van der Waals surface area contributed by atoms with E-state index in [4.69, 9.17) is 27.9 Å². The smallest absolute Gasteiger partial charge is 0.193 e. The van der Waals surface area contributed by atoms with Gasteiger partial charge in [-0.2, -0.15) is 0 Å². The minimum Gasteiger partial charge on any atom is -0.396 e. The molecule has 0 aromatic heterocycles. The Labute approximate surface area is 176 Å². The van der Waals surface area contributed by atoms with Crippen molar-refractivity contribution in [3.8, 4) is 0 Å². The SMILES string of the molecule is CN=C(NCC1(CO)CCOCC1)N(C)Cc1ccc(Cl)c(Cl)c1.I. The summed E-state index contributed by atoms with van der Waals surface area (Å²) in [6, 6.07) is 5.61. The summed E-state index contributed by atoms with van der Waals surface area (Å²) >= 11 is 12.0. The minimum atomic E-state index is -0.140. The van der Waals surface area contributed by atoms with Crippen LogP contribution in [0.2, 0.25) is 10.0 Å². The monoisotopic (exact) mass is 501 g/mol. The largest absolute Gasteiger partial charge is 0.396 e. The number of guanidine groups is 1. The summed E-state index contributed by atoms with van der Waals surface area (Å²) in [5, 5.41) is 14.3. The van der Waals surface area contributed by atoms with E-state index in [9.17, 15) is 5.11 Å². The van der Waals surface area contributed by atoms with Crippen LogP contribution >= 0.6 is 47.2 Å². The third-order valence-electron chi connectivity index (χ3n) is 4.49. The average Bonchev–Trinajstić information content (AvgIpc) is 2.59. The van der Waals surface area contributed by atoms with Crippen molar-refractivity contribution in [1.29, 1.82) is 0 Å². The van der Waals surface area contributed by atoms with E-state index >= 15 is 0 Å². The molecule has 1 aromatic carbocycles. The first-order valence-electron chi connectivity index (χ1n) is 8.04. The average molecular weight is 502 g/mol. The number of ether oxygens (including phenoxy) is 1. The molecule has 0 radical (unpaired) electrons. The van der Waals surface area contributed by atoms with Gasteiger partial charge in [0.25, 0.3) is 0 Å². The molecule has 1 aromatic rings. The highest BCUT2D eigenvalue weighted by Gasteiger charge is 2.32. The molecule has 8 heteroatoms. The zero-order chi connectivity index (χ0) is 17.6. The number of aliphatic hydroxyl groups excluding tert-OH is 1. The Kier molecular flexibility index (Phi) is 9.80. The number of nitrogens with one attached hydrogen (secondary N) is 1. The molecule has 0 spiro atoms. The van der Waals surface area contributed by atoms with Crippen LogP contribution in [0.1, 0.15) is 18.4 Å². The highest BCUT2D eigenvalue weighted by molar-refractivity contribution is 14.0. The van der Waals surface area contributed by atoms with E-state index in [0.717, 1.165) is 24.4 Å². The number of aliphatic hydroxyl groups is 1. The van der Waals surface area contributed by atoms with Gasteiger partial charge in [-0.05, 0) is 30.5 Å². The molecule has 1 fully saturated rings. The molecule has 0 bridgehead atoms. The second kappa shape index (κ2) is 10.8. The number of halogens is 3. The molecule has 0 atom stereocenters. The lowest BCUT2D eigenvalue weighted by Gasteiger charge is -2.36. The molecule has 0 unspecified atom stereocenters. The number of benzene rings is 1. The maximum Gasteiger partial charge on any atom is 0.193 e. The zero-order valence-corrected chi connectivity index (χ0v) is 18.4. The van der Waals surface area contributed by atoms with E-state index in [2.05, 4.69) is 10.3 Å². The predicted molar refractivity (Wildman–Crippen MR) is 114 cm³/mol. The van der Waals surface area contributed by atoms with Gasteiger partial charge in [-0.15, -0.1) is 24.0 Å². The summed E-state index contributed by atoms with van der Waals surface area (Å²) in [6.07, 6.45) is 1.70. The molecule has 25 heavy (non-hydrogen) atoms. The van der Waals surface area contributed by atoms with E-state index in [0.29, 0.717) is 36.3 Å². The summed E-state index contributed by atoms with van der Waals surface area (Å²) in [6.45, 7) is 2.87. The second-order valence-corrected chi connectivity index (χ2v) is 7.09. The van der Waals surface area contributed by atoms with Crippen LogP contribution < -0.4 is 5.32 Å². The normalized spacial score (nSPS) is 16.9. The molecular formula is C17H26Cl2IN3O2. The fraction of sp³-hybridized carbons (Fsp3) is 0.588. The van der Waals surface area contributed by atoms with Gasteiger partial charge in [-0.1, -0.05) is 29.3 Å². The highest BCUT2D eigenvalue weighted by Crippen LogP contribution is 2.29. The standard InChI is InChI=1S/C17H25Cl2N3O2.HI/c1-20-16(21-11-17(12-23)5-7-24-8-6-17)22(2)10-13-3-4-14(18)15(19)9-13;/h3-4,9,23H,5-8,10-12H2,1-2H3,(H,20,21);1H. The van der Waals surface area contributed by atoms with Crippen molar-refractivity contribution in [2.75, 3.05) is 40.5 Å². The van der Waals surface area contributed by atoms with E-state index < -0.39 is 0 Å². The Hall–Kier alpha value is -0.280. The molecule has 2 N–H and O–H groups in total. The van der Waals surface area contributed by atoms with Gasteiger partial charge in [0, 0.05) is 45.8 Å². The van der Waals surface area contributed by atoms with Crippen molar-refractivity contribution in [3.63, 3.8) is 0 Å². The van der Waals surface area contributed by atoms with Crippen LogP contribution in [0.25, 0.3) is 0 Å². The van der Waals surface area contributed by atoms with Gasteiger partial charge in [0.05, 0.1) is 16.7 Å². The van der Waals surface area contributed by atoms with Crippen LogP contribution in [-0.2, 0) is 11.3 Å². The second-order valence-electron chi connectivity index (χ2n) is 6.28. The van der Waals surface area contributed by atoms with Crippen molar-refractivity contribution in [1.82, 2.24) is 10.2 Å². The van der Waals surface area contributed by atoms with E-state index in [1.165, 1.54) is 0 Å². The van der Waals surface area contributed by atoms with Crippen LogP contribution in [0.4, 0.5) is 0 Å². The molecule has 1 aliphatic rings. The molecule has 2 rings (SSSR count). The molecule has 0 saturated carbocycles. The summed E-state index contributed by atoms with van der Waals surface area (Å²) in [5.41, 5.74) is 0.913. The van der Waals surface area contributed by atoms with Gasteiger partial charge in [-0.3, -0.25) is 4.99 Å². The fourth-order valence-electron chi connectivity index (χ4n) is 2.83. The first-order valence-corrected chi connectivity index (χ1v) is 8.79. The van der Waals surface area contributed by atoms with E-state index in [1.54, 1.807) is 13.1 Å². The van der Waals surface area contributed by atoms with Gasteiger partial charge in [-0.25, -0.2) is 0 Å². The molecule has 5 nitrogen and oxygen atoms in total. The molecular weight excluding hydrogens is 476 g/mol. The van der Waals surface area contributed by atoms with Crippen LogP contribution in [0.3, 0.4) is 0 Å². The Bertz CT molecular complexity index is 581. The lowest BCUT2D eigenvalue weighted by molar-refractivity contribution is -0.0134. The number of aliphatic imine (C=N–C) groups is 1. The predicted octanol–water partition coefficient (Wildman–Crippen LogP) is 3.41. The minimum absolute atomic E-state index is 0. The van der Waals surface area contributed by atoms with Crippen molar-refractivity contribution >= 4 is 53.1 Å². The van der Waals surface area contributed by atoms with Crippen molar-refractivity contribution in [3.05, 3.63) is 33.8 Å². The Morgan fingerprint density at radius 1 is 1.32 bits per heavy atom. The molecule has 0 amide bonds. The van der Waals surface area contributed by atoms with Crippen LogP contribution in [0.15, 0.2) is 23.2 Å². The zero-order valence-electron chi connectivity index (χ0n) is 14.6. The van der Waals surface area contributed by atoms with Gasteiger partial charge >= 0.3 is 0 Å². The van der Waals surface area contributed by atoms with Crippen LogP contribution in [-0.4, -0.2) is 56.4 Å². The maximum absolute atomic E-state index is 9.78. The van der Waals surface area contributed by atoms with E-state index in [-0.39, 0.29) is 36.0 Å². The molecule has 142 valence electrons. The third-order valence-corrected chi connectivity index (χ3v) is 5.23. The summed E-state index contributed by atoms with van der Waals surface area (Å²) in [7, 11) is 3.72. The Morgan fingerprint density at radius 3 is 2.56 bits per heavy atom. The van der Waals surface area contributed by atoms with Gasteiger partial charge in [0.1, 0.15) is 0 Å². The molecule has 1 saturated heterocycles. The van der Waals surface area contributed by atoms with Crippen LogP contribution in [0, 0.1) is 5.41 Å².